The zero-order valence-corrected chi connectivity index (χ0v) is 13.9. The van der Waals surface area contributed by atoms with E-state index in [1.54, 1.807) is 30.3 Å². The van der Waals surface area contributed by atoms with Crippen LogP contribution in [0.25, 0.3) is 10.9 Å². The zero-order chi connectivity index (χ0) is 16.7. The van der Waals surface area contributed by atoms with E-state index in [9.17, 15) is 9.59 Å². The Kier molecular flexibility index (Phi) is 6.11. The fraction of sp³-hybridized carbons (Fsp3) is 0.167. The summed E-state index contributed by atoms with van der Waals surface area (Å²) in [5, 5.41) is 1.01. The number of aromatic amines is 1. The number of hydrogen-bond donors (Lipinski definition) is 1. The first kappa shape index (κ1) is 17.0. The average Bonchev–Trinajstić information content (AvgIpc) is 2.62. The smallest absolute Gasteiger partial charge is 0.259 e. The molecule has 0 saturated carbocycles. The van der Waals surface area contributed by atoms with E-state index in [4.69, 9.17) is 0 Å². The Morgan fingerprint density at radius 1 is 1.04 bits per heavy atom. The number of ketones is 1. The molecule has 118 valence electrons. The maximum absolute atomic E-state index is 12.0. The van der Waals surface area contributed by atoms with Gasteiger partial charge in [-0.1, -0.05) is 68.1 Å². The monoisotopic (exact) mass is 326 g/mol. The summed E-state index contributed by atoms with van der Waals surface area (Å²) in [7, 11) is 0. The van der Waals surface area contributed by atoms with Gasteiger partial charge in [0.2, 0.25) is 0 Å². The van der Waals surface area contributed by atoms with Crippen LogP contribution in [0.3, 0.4) is 0 Å². The maximum atomic E-state index is 12.0. The standard InChI is InChI=1S/C16H12N2O2S.C2H6/c19-14(11-6-2-1-3-7-11)10-21-16-17-13-9-5-4-8-12(13)15(20)18-16;1-2/h1-9H,10H2,(H,17,18,20);1-2H3. The fourth-order valence-corrected chi connectivity index (χ4v) is 2.74. The van der Waals surface area contributed by atoms with Crippen molar-refractivity contribution in [1.82, 2.24) is 9.97 Å². The first-order valence-corrected chi connectivity index (χ1v) is 8.43. The topological polar surface area (TPSA) is 62.8 Å². The Balaban J connectivity index is 0.000000924. The Morgan fingerprint density at radius 2 is 1.70 bits per heavy atom. The highest BCUT2D eigenvalue weighted by atomic mass is 32.2. The lowest BCUT2D eigenvalue weighted by Gasteiger charge is -2.02. The summed E-state index contributed by atoms with van der Waals surface area (Å²) in [5.41, 5.74) is 1.11. The summed E-state index contributed by atoms with van der Waals surface area (Å²) in [6.45, 7) is 4.00. The number of nitrogens with zero attached hydrogens (tertiary/aromatic N) is 1. The van der Waals surface area contributed by atoms with E-state index >= 15 is 0 Å². The fourth-order valence-electron chi connectivity index (χ4n) is 1.97. The number of carbonyl (C=O) groups excluding carboxylic acids is 1. The minimum atomic E-state index is -0.185. The summed E-state index contributed by atoms with van der Waals surface area (Å²) in [4.78, 5) is 31.0. The Hall–Kier alpha value is -2.40. The lowest BCUT2D eigenvalue weighted by molar-refractivity contribution is 0.102. The van der Waals surface area contributed by atoms with Crippen molar-refractivity contribution in [2.24, 2.45) is 0 Å². The SMILES string of the molecule is CC.O=C(CSc1nc2ccccc2c(=O)[nH]1)c1ccccc1. The second-order valence-corrected chi connectivity index (χ2v) is 5.43. The highest BCUT2D eigenvalue weighted by Gasteiger charge is 2.08. The summed E-state index contributed by atoms with van der Waals surface area (Å²) >= 11 is 1.24. The number of aromatic nitrogens is 2. The van der Waals surface area contributed by atoms with Crippen LogP contribution in [0, 0.1) is 0 Å². The number of hydrogen-bond acceptors (Lipinski definition) is 4. The number of para-hydroxylation sites is 1. The Labute approximate surface area is 139 Å². The summed E-state index contributed by atoms with van der Waals surface area (Å²) in [6, 6.07) is 16.2. The van der Waals surface area contributed by atoms with Crippen LogP contribution in [-0.4, -0.2) is 21.5 Å². The summed E-state index contributed by atoms with van der Waals surface area (Å²) < 4.78 is 0. The van der Waals surface area contributed by atoms with Crippen LogP contribution < -0.4 is 5.56 Å². The molecule has 4 nitrogen and oxygen atoms in total. The Morgan fingerprint density at radius 3 is 2.43 bits per heavy atom. The zero-order valence-electron chi connectivity index (χ0n) is 13.1. The van der Waals surface area contributed by atoms with Gasteiger partial charge < -0.3 is 4.98 Å². The van der Waals surface area contributed by atoms with Crippen molar-refractivity contribution < 1.29 is 4.79 Å². The highest BCUT2D eigenvalue weighted by molar-refractivity contribution is 7.99. The summed E-state index contributed by atoms with van der Waals surface area (Å²) in [5.74, 6) is 0.252. The second kappa shape index (κ2) is 8.29. The first-order chi connectivity index (χ1) is 11.2. The van der Waals surface area contributed by atoms with Crippen LogP contribution in [-0.2, 0) is 0 Å². The number of fused-ring (bicyclic) bond motifs is 1. The van der Waals surface area contributed by atoms with E-state index in [0.29, 0.717) is 21.6 Å². The van der Waals surface area contributed by atoms with Crippen molar-refractivity contribution in [1.29, 1.82) is 0 Å². The third-order valence-corrected chi connectivity index (χ3v) is 3.90. The molecule has 5 heteroatoms. The van der Waals surface area contributed by atoms with Crippen LogP contribution in [0.5, 0.6) is 0 Å². The molecular weight excluding hydrogens is 308 g/mol. The number of carbonyl (C=O) groups is 1. The van der Waals surface area contributed by atoms with Crippen molar-refractivity contribution in [3.8, 4) is 0 Å². The van der Waals surface area contributed by atoms with Crippen LogP contribution in [0.15, 0.2) is 64.5 Å². The first-order valence-electron chi connectivity index (χ1n) is 7.44. The van der Waals surface area contributed by atoms with Gasteiger partial charge in [-0.05, 0) is 12.1 Å². The molecule has 0 unspecified atom stereocenters. The third-order valence-electron chi connectivity index (χ3n) is 3.03. The van der Waals surface area contributed by atoms with E-state index < -0.39 is 0 Å². The summed E-state index contributed by atoms with van der Waals surface area (Å²) in [6.07, 6.45) is 0. The van der Waals surface area contributed by atoms with Gasteiger partial charge in [0.05, 0.1) is 16.7 Å². The van der Waals surface area contributed by atoms with E-state index in [-0.39, 0.29) is 17.1 Å². The van der Waals surface area contributed by atoms with Crippen LogP contribution >= 0.6 is 11.8 Å². The highest BCUT2D eigenvalue weighted by Crippen LogP contribution is 2.16. The molecule has 1 aromatic heterocycles. The maximum Gasteiger partial charge on any atom is 0.259 e. The van der Waals surface area contributed by atoms with Gasteiger partial charge in [0.25, 0.3) is 5.56 Å². The second-order valence-electron chi connectivity index (χ2n) is 4.47. The van der Waals surface area contributed by atoms with Crippen molar-refractivity contribution in [3.05, 3.63) is 70.5 Å². The van der Waals surface area contributed by atoms with Gasteiger partial charge in [-0.15, -0.1) is 0 Å². The normalized spacial score (nSPS) is 10.0. The van der Waals surface area contributed by atoms with Crippen molar-refractivity contribution in [2.45, 2.75) is 19.0 Å². The lowest BCUT2D eigenvalue weighted by atomic mass is 10.2. The van der Waals surface area contributed by atoms with E-state index in [1.165, 1.54) is 11.8 Å². The van der Waals surface area contributed by atoms with Gasteiger partial charge in [-0.25, -0.2) is 4.98 Å². The number of H-pyrrole nitrogens is 1. The predicted molar refractivity (Wildman–Crippen MR) is 95.2 cm³/mol. The average molecular weight is 326 g/mol. The molecule has 0 aliphatic rings. The molecule has 1 N–H and O–H groups in total. The van der Waals surface area contributed by atoms with Gasteiger partial charge in [0.15, 0.2) is 10.9 Å². The molecule has 0 atom stereocenters. The molecule has 0 saturated heterocycles. The molecule has 0 amide bonds. The molecule has 0 aliphatic heterocycles. The molecule has 23 heavy (non-hydrogen) atoms. The number of rotatable bonds is 4. The minimum Gasteiger partial charge on any atom is -0.301 e. The molecule has 0 spiro atoms. The largest absolute Gasteiger partial charge is 0.301 e. The lowest BCUT2D eigenvalue weighted by Crippen LogP contribution is -2.10. The Bertz CT molecular complexity index is 844. The van der Waals surface area contributed by atoms with E-state index in [1.807, 2.05) is 38.1 Å². The van der Waals surface area contributed by atoms with Gasteiger partial charge >= 0.3 is 0 Å². The van der Waals surface area contributed by atoms with Gasteiger partial charge in [0, 0.05) is 5.56 Å². The molecular formula is C18H18N2O2S. The van der Waals surface area contributed by atoms with E-state index in [2.05, 4.69) is 9.97 Å². The van der Waals surface area contributed by atoms with Crippen LogP contribution in [0.4, 0.5) is 0 Å². The molecule has 1 heterocycles. The predicted octanol–water partition coefficient (Wildman–Crippen LogP) is 3.92. The van der Waals surface area contributed by atoms with Crippen LogP contribution in [0.2, 0.25) is 0 Å². The van der Waals surface area contributed by atoms with Gasteiger partial charge in [-0.3, -0.25) is 9.59 Å². The molecule has 0 aliphatic carbocycles. The molecule has 0 radical (unpaired) electrons. The quantitative estimate of drug-likeness (QED) is 0.448. The van der Waals surface area contributed by atoms with Gasteiger partial charge in [-0.2, -0.15) is 0 Å². The van der Waals surface area contributed by atoms with Gasteiger partial charge in [0.1, 0.15) is 0 Å². The number of Topliss-reactive ketones (excluding diaryl/α,β-unsaturated/α-hetero) is 1. The molecule has 3 rings (SSSR count). The molecule has 2 aromatic carbocycles. The van der Waals surface area contributed by atoms with E-state index in [0.717, 1.165) is 0 Å². The number of nitrogens with one attached hydrogen (secondary N) is 1. The van der Waals surface area contributed by atoms with Crippen molar-refractivity contribution in [2.75, 3.05) is 5.75 Å². The minimum absolute atomic E-state index is 0.0106. The van der Waals surface area contributed by atoms with Crippen LogP contribution in [0.1, 0.15) is 24.2 Å². The third kappa shape index (κ3) is 4.29. The molecule has 0 fully saturated rings. The number of benzene rings is 2. The van der Waals surface area contributed by atoms with Crippen molar-refractivity contribution in [3.63, 3.8) is 0 Å². The molecule has 3 aromatic rings. The number of thioether (sulfide) groups is 1. The molecule has 0 bridgehead atoms. The van der Waals surface area contributed by atoms with Crippen molar-refractivity contribution >= 4 is 28.4 Å².